The summed E-state index contributed by atoms with van der Waals surface area (Å²) in [5.74, 6) is 0.220. The number of allylic oxidation sites excluding steroid dienone is 1. The number of carbonyl (C=O) groups is 1. The van der Waals surface area contributed by atoms with Crippen LogP contribution in [0.3, 0.4) is 0 Å². The summed E-state index contributed by atoms with van der Waals surface area (Å²) in [6.45, 7) is 4.42. The van der Waals surface area contributed by atoms with Crippen LogP contribution in [0, 0.1) is 0 Å². The van der Waals surface area contributed by atoms with Crippen molar-refractivity contribution in [3.63, 3.8) is 0 Å². The van der Waals surface area contributed by atoms with Gasteiger partial charge >= 0.3 is 5.97 Å². The zero-order valence-electron chi connectivity index (χ0n) is 18.0. The lowest BCUT2D eigenvalue weighted by Crippen LogP contribution is -2.06. The van der Waals surface area contributed by atoms with Crippen LogP contribution in [0.25, 0.3) is 0 Å². The maximum Gasteiger partial charge on any atom is 0.337 e. The molecule has 0 saturated heterocycles. The summed E-state index contributed by atoms with van der Waals surface area (Å²) < 4.78 is 5.39. The summed E-state index contributed by atoms with van der Waals surface area (Å²) in [6, 6.07) is 14.1. The van der Waals surface area contributed by atoms with E-state index in [2.05, 4.69) is 31.0 Å². The van der Waals surface area contributed by atoms with Crippen molar-refractivity contribution < 1.29 is 9.53 Å². The number of hydrogen-bond donors (Lipinski definition) is 0. The van der Waals surface area contributed by atoms with Gasteiger partial charge in [0.15, 0.2) is 0 Å². The predicted molar refractivity (Wildman–Crippen MR) is 120 cm³/mol. The van der Waals surface area contributed by atoms with Gasteiger partial charge in [-0.2, -0.15) is 0 Å². The Labute approximate surface area is 176 Å². The molecule has 0 amide bonds. The Morgan fingerprint density at radius 2 is 1.72 bits per heavy atom. The van der Waals surface area contributed by atoms with E-state index in [1.165, 1.54) is 49.7 Å². The SMILES string of the molecule is CCCCCCc1ccc(OC(=O)/C=C/C(CCCCC)c2ccccc2)nc1. The molecule has 3 heteroatoms. The summed E-state index contributed by atoms with van der Waals surface area (Å²) in [5.41, 5.74) is 2.43. The van der Waals surface area contributed by atoms with Crippen molar-refractivity contribution in [2.24, 2.45) is 0 Å². The van der Waals surface area contributed by atoms with E-state index in [1.807, 2.05) is 36.5 Å². The van der Waals surface area contributed by atoms with Gasteiger partial charge in [0.1, 0.15) is 0 Å². The van der Waals surface area contributed by atoms with E-state index in [0.29, 0.717) is 5.88 Å². The van der Waals surface area contributed by atoms with Gasteiger partial charge in [-0.3, -0.25) is 0 Å². The molecule has 1 aromatic heterocycles. The van der Waals surface area contributed by atoms with Crippen molar-refractivity contribution in [2.45, 2.75) is 77.6 Å². The molecule has 156 valence electrons. The van der Waals surface area contributed by atoms with Gasteiger partial charge < -0.3 is 4.74 Å². The molecule has 1 unspecified atom stereocenters. The molecule has 0 spiro atoms. The molecule has 0 saturated carbocycles. The topological polar surface area (TPSA) is 39.2 Å². The number of pyridine rings is 1. The first kappa shape index (κ1) is 22.9. The smallest absolute Gasteiger partial charge is 0.337 e. The lowest BCUT2D eigenvalue weighted by atomic mass is 9.93. The van der Waals surface area contributed by atoms with Gasteiger partial charge in [-0.05, 0) is 30.4 Å². The molecule has 2 aromatic rings. The highest BCUT2D eigenvalue weighted by molar-refractivity contribution is 5.83. The summed E-state index contributed by atoms with van der Waals surface area (Å²) >= 11 is 0. The second-order valence-corrected chi connectivity index (χ2v) is 7.61. The lowest BCUT2D eigenvalue weighted by Gasteiger charge is -2.13. The van der Waals surface area contributed by atoms with Crippen LogP contribution in [0.2, 0.25) is 0 Å². The van der Waals surface area contributed by atoms with Gasteiger partial charge in [-0.25, -0.2) is 9.78 Å². The van der Waals surface area contributed by atoms with E-state index in [1.54, 1.807) is 12.1 Å². The predicted octanol–water partition coefficient (Wildman–Crippen LogP) is 7.03. The number of esters is 1. The standard InChI is InChI=1S/C26H35NO2/c1-3-5-7-10-13-22-17-19-25(27-21-22)29-26(28)20-18-24(14-9-6-4-2)23-15-11-8-12-16-23/h8,11-12,15-21,24H,3-7,9-10,13-14H2,1-2H3/b20-18+. The fourth-order valence-corrected chi connectivity index (χ4v) is 3.40. The van der Waals surface area contributed by atoms with Crippen molar-refractivity contribution in [1.82, 2.24) is 4.98 Å². The van der Waals surface area contributed by atoms with Gasteiger partial charge in [0, 0.05) is 24.3 Å². The van der Waals surface area contributed by atoms with E-state index in [9.17, 15) is 4.79 Å². The molecular formula is C26H35NO2. The van der Waals surface area contributed by atoms with E-state index in [0.717, 1.165) is 19.3 Å². The molecular weight excluding hydrogens is 358 g/mol. The van der Waals surface area contributed by atoms with Gasteiger partial charge in [0.2, 0.25) is 5.88 Å². The first-order chi connectivity index (χ1) is 14.2. The van der Waals surface area contributed by atoms with Gasteiger partial charge in [-0.1, -0.05) is 94.8 Å². The summed E-state index contributed by atoms with van der Waals surface area (Å²) in [7, 11) is 0. The molecule has 2 rings (SSSR count). The van der Waals surface area contributed by atoms with Crippen LogP contribution in [-0.4, -0.2) is 11.0 Å². The average Bonchev–Trinajstić information content (AvgIpc) is 2.75. The highest BCUT2D eigenvalue weighted by atomic mass is 16.5. The molecule has 0 N–H and O–H groups in total. The zero-order chi connectivity index (χ0) is 20.7. The summed E-state index contributed by atoms with van der Waals surface area (Å²) in [4.78, 5) is 16.5. The highest BCUT2D eigenvalue weighted by Gasteiger charge is 2.09. The Morgan fingerprint density at radius 1 is 0.966 bits per heavy atom. The zero-order valence-corrected chi connectivity index (χ0v) is 18.0. The Hall–Kier alpha value is -2.42. The van der Waals surface area contributed by atoms with Crippen LogP contribution >= 0.6 is 0 Å². The van der Waals surface area contributed by atoms with Crippen molar-refractivity contribution in [1.29, 1.82) is 0 Å². The van der Waals surface area contributed by atoms with E-state index < -0.39 is 0 Å². The second kappa shape index (κ2) is 13.7. The monoisotopic (exact) mass is 393 g/mol. The largest absolute Gasteiger partial charge is 0.404 e. The number of rotatable bonds is 13. The third kappa shape index (κ3) is 9.08. The lowest BCUT2D eigenvalue weighted by molar-refractivity contribution is -0.129. The molecule has 0 fully saturated rings. The second-order valence-electron chi connectivity index (χ2n) is 7.61. The van der Waals surface area contributed by atoms with E-state index in [-0.39, 0.29) is 11.9 Å². The van der Waals surface area contributed by atoms with Gasteiger partial charge in [0.25, 0.3) is 0 Å². The number of aryl methyl sites for hydroxylation is 1. The molecule has 1 aromatic carbocycles. The Morgan fingerprint density at radius 3 is 2.41 bits per heavy atom. The normalized spacial score (nSPS) is 12.2. The molecule has 0 aliphatic rings. The third-order valence-electron chi connectivity index (χ3n) is 5.13. The number of ether oxygens (including phenoxy) is 1. The molecule has 1 heterocycles. The molecule has 0 aliphatic carbocycles. The molecule has 0 radical (unpaired) electrons. The van der Waals surface area contributed by atoms with Crippen LogP contribution < -0.4 is 4.74 Å². The average molecular weight is 394 g/mol. The Balaban J connectivity index is 1.88. The third-order valence-corrected chi connectivity index (χ3v) is 5.13. The number of unbranched alkanes of at least 4 members (excludes halogenated alkanes) is 5. The fraction of sp³-hybridized carbons (Fsp3) is 0.462. The molecule has 3 nitrogen and oxygen atoms in total. The van der Waals surface area contributed by atoms with Crippen molar-refractivity contribution in [2.75, 3.05) is 0 Å². The van der Waals surface area contributed by atoms with Crippen LogP contribution in [0.1, 0.15) is 82.3 Å². The minimum Gasteiger partial charge on any atom is -0.404 e. The van der Waals surface area contributed by atoms with Gasteiger partial charge in [-0.15, -0.1) is 0 Å². The highest BCUT2D eigenvalue weighted by Crippen LogP contribution is 2.24. The summed E-state index contributed by atoms with van der Waals surface area (Å²) in [5, 5.41) is 0. The Bertz CT molecular complexity index is 722. The summed E-state index contributed by atoms with van der Waals surface area (Å²) in [6.07, 6.45) is 15.9. The Kier molecular flexibility index (Phi) is 10.8. The van der Waals surface area contributed by atoms with Crippen LogP contribution in [0.5, 0.6) is 5.88 Å². The maximum atomic E-state index is 12.3. The molecule has 0 aliphatic heterocycles. The maximum absolute atomic E-state index is 12.3. The quantitative estimate of drug-likeness (QED) is 0.208. The van der Waals surface area contributed by atoms with E-state index in [4.69, 9.17) is 4.74 Å². The number of carbonyl (C=O) groups excluding carboxylic acids is 1. The number of benzene rings is 1. The van der Waals surface area contributed by atoms with E-state index >= 15 is 0 Å². The van der Waals surface area contributed by atoms with Crippen LogP contribution in [0.15, 0.2) is 60.8 Å². The van der Waals surface area contributed by atoms with Crippen LogP contribution in [0.4, 0.5) is 0 Å². The number of nitrogens with zero attached hydrogens (tertiary/aromatic N) is 1. The first-order valence-corrected chi connectivity index (χ1v) is 11.1. The van der Waals surface area contributed by atoms with Crippen molar-refractivity contribution in [3.05, 3.63) is 71.9 Å². The van der Waals surface area contributed by atoms with Crippen molar-refractivity contribution in [3.8, 4) is 5.88 Å². The first-order valence-electron chi connectivity index (χ1n) is 11.1. The minimum atomic E-state index is -0.371. The van der Waals surface area contributed by atoms with Crippen LogP contribution in [-0.2, 0) is 11.2 Å². The molecule has 29 heavy (non-hydrogen) atoms. The number of hydrogen-bond acceptors (Lipinski definition) is 3. The number of aromatic nitrogens is 1. The fourth-order valence-electron chi connectivity index (χ4n) is 3.40. The van der Waals surface area contributed by atoms with Crippen molar-refractivity contribution >= 4 is 5.97 Å². The molecule has 1 atom stereocenters. The van der Waals surface area contributed by atoms with Gasteiger partial charge in [0.05, 0.1) is 0 Å². The minimum absolute atomic E-state index is 0.230. The molecule has 0 bridgehead atoms.